The molecule has 0 radical (unpaired) electrons. The van der Waals surface area contributed by atoms with Crippen LogP contribution in [0.4, 0.5) is 4.79 Å². The van der Waals surface area contributed by atoms with Crippen LogP contribution in [0, 0.1) is 5.92 Å². The van der Waals surface area contributed by atoms with Crippen molar-refractivity contribution in [2.24, 2.45) is 11.7 Å². The van der Waals surface area contributed by atoms with Gasteiger partial charge in [0.25, 0.3) is 0 Å². The van der Waals surface area contributed by atoms with Crippen LogP contribution in [0.5, 0.6) is 0 Å². The molecule has 0 spiro atoms. The van der Waals surface area contributed by atoms with Gasteiger partial charge in [-0.2, -0.15) is 0 Å². The molecule has 1 saturated heterocycles. The van der Waals surface area contributed by atoms with Crippen molar-refractivity contribution in [1.82, 2.24) is 4.90 Å². The van der Waals surface area contributed by atoms with Crippen molar-refractivity contribution in [2.75, 3.05) is 13.1 Å². The van der Waals surface area contributed by atoms with E-state index in [4.69, 9.17) is 10.5 Å². The van der Waals surface area contributed by atoms with Crippen molar-refractivity contribution < 1.29 is 9.53 Å². The zero-order valence-electron chi connectivity index (χ0n) is 10.8. The Morgan fingerprint density at radius 3 is 2.62 bits per heavy atom. The third-order valence-corrected chi connectivity index (χ3v) is 2.86. The molecule has 1 rings (SSSR count). The van der Waals surface area contributed by atoms with Gasteiger partial charge in [-0.15, -0.1) is 0 Å². The Kier molecular flexibility index (Phi) is 4.19. The van der Waals surface area contributed by atoms with Gasteiger partial charge < -0.3 is 15.4 Å². The van der Waals surface area contributed by atoms with Gasteiger partial charge in [-0.05, 0) is 39.5 Å². The number of ether oxygens (including phenoxy) is 1. The minimum Gasteiger partial charge on any atom is -0.444 e. The second kappa shape index (κ2) is 5.04. The molecule has 1 aliphatic rings. The van der Waals surface area contributed by atoms with Crippen LogP contribution in [-0.4, -0.2) is 35.7 Å². The van der Waals surface area contributed by atoms with E-state index < -0.39 is 5.60 Å². The van der Waals surface area contributed by atoms with Crippen molar-refractivity contribution in [2.45, 2.75) is 52.2 Å². The summed E-state index contributed by atoms with van der Waals surface area (Å²) in [6, 6.07) is 0.201. The third-order valence-electron chi connectivity index (χ3n) is 2.86. The van der Waals surface area contributed by atoms with Crippen molar-refractivity contribution in [1.29, 1.82) is 0 Å². The minimum absolute atomic E-state index is 0.201. The van der Waals surface area contributed by atoms with Crippen LogP contribution < -0.4 is 5.73 Å². The summed E-state index contributed by atoms with van der Waals surface area (Å²) < 4.78 is 5.36. The van der Waals surface area contributed by atoms with Gasteiger partial charge in [0.05, 0.1) is 0 Å². The van der Waals surface area contributed by atoms with Crippen LogP contribution in [0.3, 0.4) is 0 Å². The van der Waals surface area contributed by atoms with E-state index in [1.165, 1.54) is 0 Å². The molecular weight excluding hydrogens is 204 g/mol. The van der Waals surface area contributed by atoms with Crippen LogP contribution in [0.1, 0.15) is 40.5 Å². The molecule has 0 aromatic heterocycles. The average molecular weight is 228 g/mol. The van der Waals surface area contributed by atoms with Crippen LogP contribution in [-0.2, 0) is 4.74 Å². The Balaban J connectivity index is 2.56. The first-order chi connectivity index (χ1) is 7.29. The summed E-state index contributed by atoms with van der Waals surface area (Å²) in [5.74, 6) is 0.343. The smallest absolute Gasteiger partial charge is 0.410 e. The van der Waals surface area contributed by atoms with E-state index in [0.29, 0.717) is 12.5 Å². The predicted molar refractivity (Wildman–Crippen MR) is 64.2 cm³/mol. The molecule has 0 bridgehead atoms. The van der Waals surface area contributed by atoms with Crippen molar-refractivity contribution >= 4 is 6.09 Å². The van der Waals surface area contributed by atoms with E-state index in [1.54, 1.807) is 4.90 Å². The molecule has 2 unspecified atom stereocenters. The van der Waals surface area contributed by atoms with E-state index in [2.05, 4.69) is 6.92 Å². The topological polar surface area (TPSA) is 55.6 Å². The summed E-state index contributed by atoms with van der Waals surface area (Å²) in [4.78, 5) is 13.7. The summed E-state index contributed by atoms with van der Waals surface area (Å²) in [7, 11) is 0. The lowest BCUT2D eigenvalue weighted by atomic mass is 10.0. The Labute approximate surface area is 98.1 Å². The van der Waals surface area contributed by atoms with Gasteiger partial charge in [0.2, 0.25) is 0 Å². The van der Waals surface area contributed by atoms with Gasteiger partial charge >= 0.3 is 6.09 Å². The lowest BCUT2D eigenvalue weighted by molar-refractivity contribution is 0.0236. The zero-order chi connectivity index (χ0) is 12.3. The third kappa shape index (κ3) is 4.00. The molecular formula is C12H24N2O2. The standard InChI is InChI=1S/C12H24N2O2/c1-9-8-14(7-5-6-10(9)13)11(15)16-12(2,3)4/h9-10H,5-8,13H2,1-4H3. The summed E-state index contributed by atoms with van der Waals surface area (Å²) in [6.07, 6.45) is 1.74. The monoisotopic (exact) mass is 228 g/mol. The van der Waals surface area contributed by atoms with E-state index in [0.717, 1.165) is 19.4 Å². The number of rotatable bonds is 0. The van der Waals surface area contributed by atoms with Crippen LogP contribution in [0.25, 0.3) is 0 Å². The highest BCUT2D eigenvalue weighted by molar-refractivity contribution is 5.68. The van der Waals surface area contributed by atoms with E-state index in [1.807, 2.05) is 20.8 Å². The molecule has 0 aliphatic carbocycles. The first-order valence-corrected chi connectivity index (χ1v) is 6.03. The molecule has 1 aliphatic heterocycles. The fourth-order valence-electron chi connectivity index (χ4n) is 1.87. The van der Waals surface area contributed by atoms with Gasteiger partial charge in [0.15, 0.2) is 0 Å². The van der Waals surface area contributed by atoms with Crippen molar-refractivity contribution in [3.05, 3.63) is 0 Å². The highest BCUT2D eigenvalue weighted by Crippen LogP contribution is 2.17. The van der Waals surface area contributed by atoms with E-state index in [9.17, 15) is 4.79 Å². The molecule has 0 aromatic rings. The van der Waals surface area contributed by atoms with Crippen LogP contribution >= 0.6 is 0 Å². The van der Waals surface area contributed by atoms with Gasteiger partial charge in [0.1, 0.15) is 5.60 Å². The fourth-order valence-corrected chi connectivity index (χ4v) is 1.87. The summed E-state index contributed by atoms with van der Waals surface area (Å²) >= 11 is 0. The SMILES string of the molecule is CC1CN(C(=O)OC(C)(C)C)CCCC1N. The number of hydrogen-bond donors (Lipinski definition) is 1. The number of nitrogens with two attached hydrogens (primary N) is 1. The summed E-state index contributed by atoms with van der Waals surface area (Å²) in [5, 5.41) is 0. The predicted octanol–water partition coefficient (Wildman–Crippen LogP) is 1.98. The first kappa shape index (κ1) is 13.3. The molecule has 0 aromatic carbocycles. The molecule has 1 amide bonds. The number of hydrogen-bond acceptors (Lipinski definition) is 3. The largest absolute Gasteiger partial charge is 0.444 e. The molecule has 1 fully saturated rings. The number of likely N-dealkylation sites (tertiary alicyclic amines) is 1. The maximum Gasteiger partial charge on any atom is 0.410 e. The molecule has 94 valence electrons. The lowest BCUT2D eigenvalue weighted by Crippen LogP contribution is -2.40. The molecule has 16 heavy (non-hydrogen) atoms. The quantitative estimate of drug-likeness (QED) is 0.689. The summed E-state index contributed by atoms with van der Waals surface area (Å²) in [5.41, 5.74) is 5.57. The normalized spacial score (nSPS) is 27.4. The van der Waals surface area contributed by atoms with Crippen molar-refractivity contribution in [3.8, 4) is 0 Å². The zero-order valence-corrected chi connectivity index (χ0v) is 10.8. The Morgan fingerprint density at radius 1 is 1.44 bits per heavy atom. The highest BCUT2D eigenvalue weighted by atomic mass is 16.6. The maximum atomic E-state index is 11.9. The fraction of sp³-hybridized carbons (Fsp3) is 0.917. The Bertz CT molecular complexity index is 248. The Morgan fingerprint density at radius 2 is 2.06 bits per heavy atom. The van der Waals surface area contributed by atoms with Crippen LogP contribution in [0.15, 0.2) is 0 Å². The second-order valence-electron chi connectivity index (χ2n) is 5.71. The molecule has 4 nitrogen and oxygen atoms in total. The molecule has 2 N–H and O–H groups in total. The number of amides is 1. The summed E-state index contributed by atoms with van der Waals surface area (Å²) in [6.45, 7) is 9.21. The minimum atomic E-state index is -0.422. The van der Waals surface area contributed by atoms with Crippen LogP contribution in [0.2, 0.25) is 0 Å². The van der Waals surface area contributed by atoms with Gasteiger partial charge in [-0.3, -0.25) is 0 Å². The molecule has 0 saturated carbocycles. The number of carbonyl (C=O) groups excluding carboxylic acids is 1. The molecule has 4 heteroatoms. The van der Waals surface area contributed by atoms with E-state index in [-0.39, 0.29) is 12.1 Å². The van der Waals surface area contributed by atoms with Gasteiger partial charge in [-0.25, -0.2) is 4.79 Å². The van der Waals surface area contributed by atoms with Gasteiger partial charge in [0, 0.05) is 19.1 Å². The highest BCUT2D eigenvalue weighted by Gasteiger charge is 2.27. The number of nitrogens with zero attached hydrogens (tertiary/aromatic N) is 1. The van der Waals surface area contributed by atoms with Gasteiger partial charge in [-0.1, -0.05) is 6.92 Å². The van der Waals surface area contributed by atoms with E-state index >= 15 is 0 Å². The average Bonchev–Trinajstić information content (AvgIpc) is 2.27. The maximum absolute atomic E-state index is 11.9. The lowest BCUT2D eigenvalue weighted by Gasteiger charge is -2.28. The Hall–Kier alpha value is -0.770. The molecule has 1 heterocycles. The first-order valence-electron chi connectivity index (χ1n) is 6.03. The second-order valence-corrected chi connectivity index (χ2v) is 5.71. The van der Waals surface area contributed by atoms with Crippen molar-refractivity contribution in [3.63, 3.8) is 0 Å². The number of carbonyl (C=O) groups is 1. The molecule has 2 atom stereocenters.